The van der Waals surface area contributed by atoms with Crippen molar-refractivity contribution in [2.45, 2.75) is 51.7 Å². The Morgan fingerprint density at radius 1 is 1.11 bits per heavy atom. The minimum atomic E-state index is -1.50. The fourth-order valence-electron chi connectivity index (χ4n) is 2.63. The zero-order chi connectivity index (χ0) is 13.7. The molecular formula is C16H24OSiTi. The van der Waals surface area contributed by atoms with Gasteiger partial charge in [0.05, 0.1) is 0 Å². The summed E-state index contributed by atoms with van der Waals surface area (Å²) < 4.78 is 9.85. The Balaban J connectivity index is 2.09. The molecule has 0 aromatic rings. The van der Waals surface area contributed by atoms with Gasteiger partial charge in [-0.05, 0) is 0 Å². The molecule has 0 aromatic carbocycles. The fraction of sp³-hybridized carbons (Fsp3) is 0.500. The van der Waals surface area contributed by atoms with Crippen LogP contribution >= 0.6 is 0 Å². The van der Waals surface area contributed by atoms with Gasteiger partial charge < -0.3 is 0 Å². The molecule has 0 fully saturated rings. The maximum absolute atomic E-state index is 6.58. The van der Waals surface area contributed by atoms with Crippen LogP contribution < -0.4 is 0 Å². The Labute approximate surface area is 127 Å². The monoisotopic (exact) mass is 308 g/mol. The summed E-state index contributed by atoms with van der Waals surface area (Å²) in [6.07, 6.45) is 13.6. The van der Waals surface area contributed by atoms with Gasteiger partial charge in [-0.15, -0.1) is 0 Å². The molecule has 1 nitrogen and oxygen atoms in total. The van der Waals surface area contributed by atoms with E-state index in [4.69, 9.17) is 4.43 Å². The average molecular weight is 308 g/mol. The topological polar surface area (TPSA) is 9.23 Å². The summed E-state index contributed by atoms with van der Waals surface area (Å²) >= 11 is -0.127. The first-order chi connectivity index (χ1) is 9.23. The summed E-state index contributed by atoms with van der Waals surface area (Å²) in [5.41, 5.74) is 0. The van der Waals surface area contributed by atoms with Crippen molar-refractivity contribution in [1.82, 2.24) is 0 Å². The van der Waals surface area contributed by atoms with Crippen LogP contribution in [0.3, 0.4) is 0 Å². The van der Waals surface area contributed by atoms with E-state index >= 15 is 0 Å². The summed E-state index contributed by atoms with van der Waals surface area (Å²) in [5.74, 6) is 1.25. The van der Waals surface area contributed by atoms with Crippen molar-refractivity contribution in [3.8, 4) is 0 Å². The standard InChI is InChI=1S/C11H19OSi.C5H5.Ti/c1-4-13(5-2,6-3)12-11-9-7-8-10-11;1-2-4-5-3-1;/h7,9H,4-6,8H2,1-3H3;1-3H,4H2;. The van der Waals surface area contributed by atoms with E-state index in [-0.39, 0.29) is 19.2 Å². The predicted molar refractivity (Wildman–Crippen MR) is 80.9 cm³/mol. The molecule has 0 radical (unpaired) electrons. The molecule has 0 saturated carbocycles. The second-order valence-electron chi connectivity index (χ2n) is 5.24. The van der Waals surface area contributed by atoms with Crippen LogP contribution in [0.25, 0.3) is 0 Å². The third-order valence-corrected chi connectivity index (χ3v) is 11.0. The second kappa shape index (κ2) is 6.92. The van der Waals surface area contributed by atoms with Gasteiger partial charge in [0.2, 0.25) is 0 Å². The molecule has 0 spiro atoms. The summed E-state index contributed by atoms with van der Waals surface area (Å²) in [6, 6.07) is 3.69. The summed E-state index contributed by atoms with van der Waals surface area (Å²) in [7, 11) is -1.50. The van der Waals surface area contributed by atoms with E-state index in [1.807, 2.05) is 0 Å². The van der Waals surface area contributed by atoms with E-state index in [0.717, 1.165) is 6.42 Å². The van der Waals surface area contributed by atoms with E-state index in [0.29, 0.717) is 0 Å². The van der Waals surface area contributed by atoms with Crippen molar-refractivity contribution in [1.29, 1.82) is 0 Å². The third-order valence-electron chi connectivity index (χ3n) is 4.23. The van der Waals surface area contributed by atoms with Crippen LogP contribution in [0.4, 0.5) is 0 Å². The summed E-state index contributed by atoms with van der Waals surface area (Å²) in [6.45, 7) is 6.91. The van der Waals surface area contributed by atoms with Crippen LogP contribution in [0, 0.1) is 0 Å². The molecule has 2 aliphatic carbocycles. The molecule has 0 N–H and O–H groups in total. The molecule has 102 valence electrons. The van der Waals surface area contributed by atoms with Gasteiger partial charge in [-0.3, -0.25) is 0 Å². The van der Waals surface area contributed by atoms with Gasteiger partial charge in [0.1, 0.15) is 0 Å². The molecule has 19 heavy (non-hydrogen) atoms. The molecule has 0 aliphatic heterocycles. The Hall–Kier alpha value is -0.309. The Morgan fingerprint density at radius 2 is 1.84 bits per heavy atom. The summed E-state index contributed by atoms with van der Waals surface area (Å²) in [5, 5.41) is 0. The van der Waals surface area contributed by atoms with Gasteiger partial charge in [-0.2, -0.15) is 0 Å². The van der Waals surface area contributed by atoms with Crippen molar-refractivity contribution in [2.75, 3.05) is 0 Å². The number of hydrogen-bond acceptors (Lipinski definition) is 1. The first-order valence-corrected chi connectivity index (χ1v) is 11.5. The van der Waals surface area contributed by atoms with Crippen LogP contribution in [0.5, 0.6) is 0 Å². The Bertz CT molecular complexity index is 433. The van der Waals surface area contributed by atoms with Crippen LogP contribution in [0.15, 0.2) is 43.9 Å². The van der Waals surface area contributed by atoms with Gasteiger partial charge in [0, 0.05) is 0 Å². The normalized spacial score (nSPS) is 18.2. The van der Waals surface area contributed by atoms with Gasteiger partial charge in [0.25, 0.3) is 0 Å². The zero-order valence-electron chi connectivity index (χ0n) is 12.3. The van der Waals surface area contributed by atoms with Crippen LogP contribution in [-0.2, 0) is 23.6 Å². The van der Waals surface area contributed by atoms with Crippen molar-refractivity contribution >= 4 is 8.32 Å². The molecule has 0 unspecified atom stereocenters. The van der Waals surface area contributed by atoms with Gasteiger partial charge >= 0.3 is 128 Å². The Morgan fingerprint density at radius 3 is 2.42 bits per heavy atom. The fourth-order valence-corrected chi connectivity index (χ4v) is 7.35. The van der Waals surface area contributed by atoms with Crippen LogP contribution in [0.2, 0.25) is 18.1 Å². The van der Waals surface area contributed by atoms with Crippen LogP contribution in [0.1, 0.15) is 33.6 Å². The summed E-state index contributed by atoms with van der Waals surface area (Å²) in [4.78, 5) is 0. The van der Waals surface area contributed by atoms with Gasteiger partial charge in [-0.25, -0.2) is 0 Å². The van der Waals surface area contributed by atoms with E-state index in [1.54, 1.807) is 7.76 Å². The molecule has 0 aromatic heterocycles. The average Bonchev–Trinajstić information content (AvgIpc) is 3.09. The molecule has 2 aliphatic rings. The first kappa shape index (κ1) is 15.1. The number of rotatable bonds is 7. The van der Waals surface area contributed by atoms with Gasteiger partial charge in [0.15, 0.2) is 0 Å². The zero-order valence-corrected chi connectivity index (χ0v) is 14.9. The third kappa shape index (κ3) is 3.62. The SMILES string of the molecule is CC[Si](CC)(CC)OC1=[C]([Ti][C]2=CC=CC2)CC=C1. The van der Waals surface area contributed by atoms with E-state index in [1.165, 1.54) is 30.3 Å². The molecular weight excluding hydrogens is 284 g/mol. The molecule has 3 heteroatoms. The van der Waals surface area contributed by atoms with Gasteiger partial charge in [-0.1, -0.05) is 0 Å². The molecule has 0 saturated heterocycles. The quantitative estimate of drug-likeness (QED) is 0.594. The van der Waals surface area contributed by atoms with E-state index in [9.17, 15) is 0 Å². The van der Waals surface area contributed by atoms with E-state index in [2.05, 4.69) is 51.2 Å². The van der Waals surface area contributed by atoms with E-state index < -0.39 is 8.32 Å². The van der Waals surface area contributed by atoms with Crippen molar-refractivity contribution in [3.63, 3.8) is 0 Å². The number of allylic oxidation sites excluding steroid dienone is 7. The second-order valence-corrected chi connectivity index (χ2v) is 12.3. The maximum atomic E-state index is 6.58. The molecule has 0 bridgehead atoms. The predicted octanol–water partition coefficient (Wildman–Crippen LogP) is 5.11. The van der Waals surface area contributed by atoms with Crippen LogP contribution in [-0.4, -0.2) is 8.32 Å². The molecule has 0 atom stereocenters. The van der Waals surface area contributed by atoms with Crippen molar-refractivity contribution in [3.05, 3.63) is 43.9 Å². The first-order valence-electron chi connectivity index (χ1n) is 7.44. The van der Waals surface area contributed by atoms with Crippen molar-refractivity contribution < 1.29 is 23.6 Å². The molecule has 0 heterocycles. The Kier molecular flexibility index (Phi) is 5.49. The molecule has 0 amide bonds. The van der Waals surface area contributed by atoms with Crippen molar-refractivity contribution in [2.24, 2.45) is 0 Å². The molecule has 2 rings (SSSR count). The minimum absolute atomic E-state index is 0.127. The number of hydrogen-bond donors (Lipinski definition) is 0.